The fraction of sp³-hybridized carbons (Fsp3) is 0.312. The summed E-state index contributed by atoms with van der Waals surface area (Å²) in [7, 11) is 0. The molecule has 5 heteroatoms. The Morgan fingerprint density at radius 3 is 2.86 bits per heavy atom. The van der Waals surface area contributed by atoms with Crippen LogP contribution in [0.3, 0.4) is 0 Å². The number of nitrogens with one attached hydrogen (secondary N) is 1. The van der Waals surface area contributed by atoms with Crippen LogP contribution in [0, 0.1) is 0 Å². The summed E-state index contributed by atoms with van der Waals surface area (Å²) in [6.07, 6.45) is 4.23. The van der Waals surface area contributed by atoms with Crippen molar-refractivity contribution in [1.82, 2.24) is 24.9 Å². The molecule has 0 spiro atoms. The van der Waals surface area contributed by atoms with Crippen molar-refractivity contribution in [2.75, 3.05) is 13.1 Å². The molecule has 1 atom stereocenters. The average molecular weight is 279 g/mol. The zero-order chi connectivity index (χ0) is 14.1. The van der Waals surface area contributed by atoms with Crippen LogP contribution in [0.5, 0.6) is 0 Å². The highest BCUT2D eigenvalue weighted by atomic mass is 15.3. The maximum atomic E-state index is 4.67. The van der Waals surface area contributed by atoms with Gasteiger partial charge in [-0.1, -0.05) is 30.3 Å². The largest absolute Gasteiger partial charge is 0.316 e. The average Bonchev–Trinajstić information content (AvgIpc) is 3.00. The lowest BCUT2D eigenvalue weighted by atomic mass is 9.96. The first-order valence-electron chi connectivity index (χ1n) is 7.39. The van der Waals surface area contributed by atoms with Gasteiger partial charge in [0.2, 0.25) is 0 Å². The summed E-state index contributed by atoms with van der Waals surface area (Å²) in [4.78, 5) is 8.91. The second-order valence-electron chi connectivity index (χ2n) is 5.43. The fourth-order valence-corrected chi connectivity index (χ4v) is 2.93. The molecule has 1 fully saturated rings. The number of benzene rings is 1. The first kappa shape index (κ1) is 12.5. The minimum absolute atomic E-state index is 0.481. The predicted octanol–water partition coefficient (Wildman–Crippen LogP) is 2.26. The summed E-state index contributed by atoms with van der Waals surface area (Å²) in [5.41, 5.74) is 2.22. The molecule has 4 rings (SSSR count). The third-order valence-corrected chi connectivity index (χ3v) is 4.02. The van der Waals surface area contributed by atoms with E-state index >= 15 is 0 Å². The van der Waals surface area contributed by atoms with Gasteiger partial charge in [-0.25, -0.2) is 9.50 Å². The Balaban J connectivity index is 1.80. The third kappa shape index (κ3) is 2.29. The molecule has 3 aromatic rings. The monoisotopic (exact) mass is 279 g/mol. The number of nitrogens with zero attached hydrogens (tertiary/aromatic N) is 4. The van der Waals surface area contributed by atoms with Gasteiger partial charge in [0.15, 0.2) is 5.82 Å². The second kappa shape index (κ2) is 5.26. The lowest BCUT2D eigenvalue weighted by Gasteiger charge is -2.22. The predicted molar refractivity (Wildman–Crippen MR) is 81.1 cm³/mol. The quantitative estimate of drug-likeness (QED) is 0.782. The van der Waals surface area contributed by atoms with Crippen LogP contribution in [0.4, 0.5) is 0 Å². The Morgan fingerprint density at radius 2 is 2.05 bits per heavy atom. The van der Waals surface area contributed by atoms with Gasteiger partial charge >= 0.3 is 0 Å². The highest BCUT2D eigenvalue weighted by Crippen LogP contribution is 2.24. The number of fused-ring (bicyclic) bond motifs is 1. The van der Waals surface area contributed by atoms with Crippen molar-refractivity contribution in [2.24, 2.45) is 0 Å². The first-order chi connectivity index (χ1) is 10.4. The van der Waals surface area contributed by atoms with E-state index in [2.05, 4.69) is 26.4 Å². The van der Waals surface area contributed by atoms with Gasteiger partial charge < -0.3 is 5.32 Å². The van der Waals surface area contributed by atoms with E-state index in [1.807, 2.05) is 41.0 Å². The normalized spacial score (nSPS) is 19.0. The third-order valence-electron chi connectivity index (χ3n) is 4.02. The van der Waals surface area contributed by atoms with Gasteiger partial charge in [-0.3, -0.25) is 0 Å². The van der Waals surface area contributed by atoms with Crippen molar-refractivity contribution in [3.63, 3.8) is 0 Å². The number of rotatable bonds is 2. The molecule has 0 radical (unpaired) electrons. The molecule has 1 aliphatic heterocycles. The van der Waals surface area contributed by atoms with Crippen molar-refractivity contribution in [3.8, 4) is 11.4 Å². The van der Waals surface area contributed by atoms with E-state index in [0.29, 0.717) is 11.7 Å². The zero-order valence-corrected chi connectivity index (χ0v) is 11.7. The molecule has 1 saturated heterocycles. The van der Waals surface area contributed by atoms with E-state index in [0.717, 1.165) is 24.5 Å². The lowest BCUT2D eigenvalue weighted by molar-refractivity contribution is 0.448. The van der Waals surface area contributed by atoms with Crippen LogP contribution in [0.1, 0.15) is 24.5 Å². The van der Waals surface area contributed by atoms with Gasteiger partial charge in [-0.05, 0) is 25.5 Å². The molecule has 0 bridgehead atoms. The van der Waals surface area contributed by atoms with E-state index in [1.165, 1.54) is 18.5 Å². The van der Waals surface area contributed by atoms with Crippen LogP contribution in [0.15, 0.2) is 42.6 Å². The maximum Gasteiger partial charge on any atom is 0.252 e. The minimum atomic E-state index is 0.481. The molecule has 1 aromatic carbocycles. The Hall–Kier alpha value is -2.27. The van der Waals surface area contributed by atoms with Crippen LogP contribution in [-0.4, -0.2) is 32.7 Å². The van der Waals surface area contributed by atoms with Gasteiger partial charge in [-0.2, -0.15) is 4.98 Å². The molecule has 0 amide bonds. The van der Waals surface area contributed by atoms with Crippen molar-refractivity contribution in [1.29, 1.82) is 0 Å². The lowest BCUT2D eigenvalue weighted by Crippen LogP contribution is -2.29. The molecule has 21 heavy (non-hydrogen) atoms. The van der Waals surface area contributed by atoms with Crippen molar-refractivity contribution < 1.29 is 0 Å². The highest BCUT2D eigenvalue weighted by molar-refractivity contribution is 5.56. The molecule has 1 unspecified atom stereocenters. The van der Waals surface area contributed by atoms with Crippen LogP contribution >= 0.6 is 0 Å². The molecule has 5 nitrogen and oxygen atoms in total. The van der Waals surface area contributed by atoms with Crippen LogP contribution in [-0.2, 0) is 0 Å². The van der Waals surface area contributed by atoms with Crippen molar-refractivity contribution >= 4 is 5.78 Å². The smallest absolute Gasteiger partial charge is 0.252 e. The first-order valence-corrected chi connectivity index (χ1v) is 7.39. The molecule has 106 valence electrons. The number of aromatic nitrogens is 4. The summed E-state index contributed by atoms with van der Waals surface area (Å²) < 4.78 is 1.90. The summed E-state index contributed by atoms with van der Waals surface area (Å²) in [5.74, 6) is 1.89. The van der Waals surface area contributed by atoms with E-state index in [-0.39, 0.29) is 0 Å². The van der Waals surface area contributed by atoms with Crippen LogP contribution in [0.2, 0.25) is 0 Å². The molecule has 2 aromatic heterocycles. The van der Waals surface area contributed by atoms with E-state index in [1.54, 1.807) is 0 Å². The number of hydrogen-bond acceptors (Lipinski definition) is 4. The van der Waals surface area contributed by atoms with Gasteiger partial charge in [0.25, 0.3) is 5.78 Å². The van der Waals surface area contributed by atoms with Crippen molar-refractivity contribution in [2.45, 2.75) is 18.8 Å². The fourth-order valence-electron chi connectivity index (χ4n) is 2.93. The Labute approximate surface area is 123 Å². The molecule has 1 N–H and O–H groups in total. The molecule has 0 aliphatic carbocycles. The maximum absolute atomic E-state index is 4.67. The Kier molecular flexibility index (Phi) is 3.12. The standard InChI is InChI=1S/C16H17N5/c1-2-5-12(6-3-1)15-19-16-18-10-8-14(21(16)20-15)13-7-4-9-17-11-13/h1-3,5-6,8,10,13,17H,4,7,9,11H2. The zero-order valence-electron chi connectivity index (χ0n) is 11.7. The molecular weight excluding hydrogens is 262 g/mol. The summed E-state index contributed by atoms with van der Waals surface area (Å²) in [6.45, 7) is 2.11. The minimum Gasteiger partial charge on any atom is -0.316 e. The van der Waals surface area contributed by atoms with E-state index in [4.69, 9.17) is 0 Å². The number of hydrogen-bond donors (Lipinski definition) is 1. The Morgan fingerprint density at radius 1 is 1.14 bits per heavy atom. The summed E-state index contributed by atoms with van der Waals surface area (Å²) in [6, 6.07) is 12.1. The number of piperidine rings is 1. The Bertz CT molecular complexity index is 744. The van der Waals surface area contributed by atoms with E-state index in [9.17, 15) is 0 Å². The molecule has 0 saturated carbocycles. The van der Waals surface area contributed by atoms with Crippen LogP contribution in [0.25, 0.3) is 17.2 Å². The molecule has 3 heterocycles. The molecule has 1 aliphatic rings. The van der Waals surface area contributed by atoms with Gasteiger partial charge in [0.1, 0.15) is 0 Å². The highest BCUT2D eigenvalue weighted by Gasteiger charge is 2.19. The summed E-state index contributed by atoms with van der Waals surface area (Å²) in [5, 5.41) is 8.13. The van der Waals surface area contributed by atoms with Gasteiger partial charge in [0.05, 0.1) is 5.69 Å². The second-order valence-corrected chi connectivity index (χ2v) is 5.43. The van der Waals surface area contributed by atoms with Gasteiger partial charge in [0, 0.05) is 24.2 Å². The van der Waals surface area contributed by atoms with Gasteiger partial charge in [-0.15, -0.1) is 5.10 Å². The SMILES string of the molecule is c1ccc(-c2nc3nccc(C4CCCNC4)n3n2)cc1. The van der Waals surface area contributed by atoms with Crippen molar-refractivity contribution in [3.05, 3.63) is 48.3 Å². The summed E-state index contributed by atoms with van der Waals surface area (Å²) >= 11 is 0. The molecular formula is C16H17N5. The van der Waals surface area contributed by atoms with Crippen LogP contribution < -0.4 is 5.32 Å². The topological polar surface area (TPSA) is 55.1 Å². The van der Waals surface area contributed by atoms with E-state index < -0.39 is 0 Å².